The summed E-state index contributed by atoms with van der Waals surface area (Å²) in [5.74, 6) is -0.700. The van der Waals surface area contributed by atoms with Crippen LogP contribution in [0.2, 0.25) is 0 Å². The van der Waals surface area contributed by atoms with Gasteiger partial charge in [-0.2, -0.15) is 0 Å². The third kappa shape index (κ3) is 2.75. The Morgan fingerprint density at radius 1 is 1.19 bits per heavy atom. The maximum absolute atomic E-state index is 12.7. The Hall–Kier alpha value is -1.60. The summed E-state index contributed by atoms with van der Waals surface area (Å²) in [7, 11) is -2.64. The molecule has 0 aliphatic rings. The molecule has 0 saturated heterocycles. The molecule has 1 heterocycles. The van der Waals surface area contributed by atoms with Gasteiger partial charge in [-0.05, 0) is 47.5 Å². The Kier molecular flexibility index (Phi) is 4.25. The number of nitrogens with zero attached hydrogens (tertiary/aromatic N) is 1. The molecule has 7 heteroatoms. The Labute approximate surface area is 131 Å². The van der Waals surface area contributed by atoms with Gasteiger partial charge in [0.15, 0.2) is 0 Å². The zero-order valence-corrected chi connectivity index (χ0v) is 14.2. The van der Waals surface area contributed by atoms with E-state index in [1.54, 1.807) is 19.1 Å². The van der Waals surface area contributed by atoms with E-state index in [1.165, 1.54) is 25.4 Å². The number of benzene rings is 1. The minimum atomic E-state index is -3.86. The maximum Gasteiger partial charge on any atom is 0.356 e. The monoisotopic (exact) mass is 371 g/mol. The van der Waals surface area contributed by atoms with Crippen molar-refractivity contribution in [2.75, 3.05) is 7.11 Å². The number of esters is 1. The number of rotatable bonds is 3. The smallest absolute Gasteiger partial charge is 0.356 e. The van der Waals surface area contributed by atoms with Crippen LogP contribution in [0.1, 0.15) is 21.6 Å². The summed E-state index contributed by atoms with van der Waals surface area (Å²) in [5.41, 5.74) is 1.45. The highest BCUT2D eigenvalue weighted by Crippen LogP contribution is 2.27. The van der Waals surface area contributed by atoms with Crippen LogP contribution in [0.25, 0.3) is 0 Å². The molecule has 1 aromatic heterocycles. The first kappa shape index (κ1) is 15.8. The zero-order valence-electron chi connectivity index (χ0n) is 11.8. The lowest BCUT2D eigenvalue weighted by molar-refractivity contribution is 0.0592. The number of ether oxygens (including phenoxy) is 1. The molecule has 0 aliphatic heterocycles. The van der Waals surface area contributed by atoms with E-state index in [-0.39, 0.29) is 10.6 Å². The van der Waals surface area contributed by atoms with Crippen molar-refractivity contribution >= 4 is 31.9 Å². The first-order chi connectivity index (χ1) is 9.78. The van der Waals surface area contributed by atoms with Crippen LogP contribution in [-0.4, -0.2) is 25.5 Å². The van der Waals surface area contributed by atoms with Crippen LogP contribution in [0.15, 0.2) is 39.8 Å². The number of aromatic nitrogens is 1. The molecule has 112 valence electrons. The van der Waals surface area contributed by atoms with Gasteiger partial charge in [0, 0.05) is 10.7 Å². The van der Waals surface area contributed by atoms with Crippen LogP contribution in [0.5, 0.6) is 0 Å². The molecule has 0 bridgehead atoms. The van der Waals surface area contributed by atoms with E-state index in [9.17, 15) is 13.2 Å². The molecule has 0 fully saturated rings. The molecule has 0 unspecified atom stereocenters. The van der Waals surface area contributed by atoms with E-state index in [2.05, 4.69) is 20.7 Å². The summed E-state index contributed by atoms with van der Waals surface area (Å²) in [6, 6.07) is 6.43. The van der Waals surface area contributed by atoms with E-state index in [4.69, 9.17) is 0 Å². The molecule has 0 spiro atoms. The predicted molar refractivity (Wildman–Crippen MR) is 82.0 cm³/mol. The van der Waals surface area contributed by atoms with Crippen molar-refractivity contribution in [2.24, 2.45) is 0 Å². The summed E-state index contributed by atoms with van der Waals surface area (Å²) in [5, 5.41) is 0. The summed E-state index contributed by atoms with van der Waals surface area (Å²) in [4.78, 5) is 12.0. The van der Waals surface area contributed by atoms with Crippen LogP contribution < -0.4 is 0 Å². The van der Waals surface area contributed by atoms with Crippen LogP contribution in [0, 0.1) is 13.8 Å². The number of hydrogen-bond donors (Lipinski definition) is 0. The minimum absolute atomic E-state index is 0.00931. The van der Waals surface area contributed by atoms with Crippen molar-refractivity contribution in [1.82, 2.24) is 3.97 Å². The van der Waals surface area contributed by atoms with Crippen molar-refractivity contribution in [3.8, 4) is 0 Å². The highest BCUT2D eigenvalue weighted by atomic mass is 79.9. The van der Waals surface area contributed by atoms with E-state index in [0.29, 0.717) is 10.0 Å². The predicted octanol–water partition coefficient (Wildman–Crippen LogP) is 2.89. The topological polar surface area (TPSA) is 65.4 Å². The van der Waals surface area contributed by atoms with E-state index in [1.807, 2.05) is 6.92 Å². The van der Waals surface area contributed by atoms with E-state index < -0.39 is 16.0 Å². The quantitative estimate of drug-likeness (QED) is 0.778. The van der Waals surface area contributed by atoms with Crippen LogP contribution in [0.3, 0.4) is 0 Å². The Balaban J connectivity index is 2.68. The molecule has 0 aliphatic carbocycles. The summed E-state index contributed by atoms with van der Waals surface area (Å²) in [6.45, 7) is 3.52. The number of hydrogen-bond acceptors (Lipinski definition) is 4. The molecular weight excluding hydrogens is 358 g/mol. The standard InChI is InChI=1S/C14H14BrNO4S/c1-9-4-6-11(7-5-9)21(18,19)16-8-12(15)10(2)13(16)14(17)20-3/h4-8H,1-3H3. The number of methoxy groups -OCH3 is 1. The van der Waals surface area contributed by atoms with Crippen molar-refractivity contribution in [1.29, 1.82) is 0 Å². The van der Waals surface area contributed by atoms with Crippen molar-refractivity contribution < 1.29 is 17.9 Å². The van der Waals surface area contributed by atoms with Crippen LogP contribution >= 0.6 is 15.9 Å². The third-order valence-corrected chi connectivity index (χ3v) is 5.59. The van der Waals surface area contributed by atoms with Gasteiger partial charge in [0.05, 0.1) is 12.0 Å². The van der Waals surface area contributed by atoms with Crippen LogP contribution in [-0.2, 0) is 14.8 Å². The SMILES string of the molecule is COC(=O)c1c(C)c(Br)cn1S(=O)(=O)c1ccc(C)cc1. The normalized spacial score (nSPS) is 11.4. The third-order valence-electron chi connectivity index (χ3n) is 3.12. The lowest BCUT2D eigenvalue weighted by Crippen LogP contribution is -2.19. The van der Waals surface area contributed by atoms with Gasteiger partial charge < -0.3 is 4.74 Å². The second-order valence-electron chi connectivity index (χ2n) is 4.56. The minimum Gasteiger partial charge on any atom is -0.464 e. The van der Waals surface area contributed by atoms with E-state index >= 15 is 0 Å². The molecule has 2 aromatic rings. The van der Waals surface area contributed by atoms with Gasteiger partial charge in [0.2, 0.25) is 0 Å². The zero-order chi connectivity index (χ0) is 15.8. The highest BCUT2D eigenvalue weighted by Gasteiger charge is 2.27. The largest absolute Gasteiger partial charge is 0.464 e. The molecule has 0 saturated carbocycles. The summed E-state index contributed by atoms with van der Waals surface area (Å²) in [6.07, 6.45) is 1.36. The molecule has 0 N–H and O–H groups in total. The van der Waals surface area contributed by atoms with Gasteiger partial charge in [-0.25, -0.2) is 17.2 Å². The second-order valence-corrected chi connectivity index (χ2v) is 7.23. The summed E-state index contributed by atoms with van der Waals surface area (Å²) >= 11 is 3.25. The summed E-state index contributed by atoms with van der Waals surface area (Å²) < 4.78 is 31.5. The molecule has 0 atom stereocenters. The van der Waals surface area contributed by atoms with Gasteiger partial charge >= 0.3 is 5.97 Å². The highest BCUT2D eigenvalue weighted by molar-refractivity contribution is 9.10. The number of carbonyl (C=O) groups excluding carboxylic acids is 1. The Bertz CT molecular complexity index is 791. The fourth-order valence-corrected chi connectivity index (χ4v) is 3.83. The van der Waals surface area contributed by atoms with Crippen molar-refractivity contribution in [2.45, 2.75) is 18.7 Å². The molecule has 0 radical (unpaired) electrons. The second kappa shape index (κ2) is 5.65. The van der Waals surface area contributed by atoms with Gasteiger partial charge in [-0.3, -0.25) is 0 Å². The Morgan fingerprint density at radius 3 is 2.29 bits per heavy atom. The Morgan fingerprint density at radius 2 is 1.76 bits per heavy atom. The molecule has 1 aromatic carbocycles. The molecule has 0 amide bonds. The molecule has 21 heavy (non-hydrogen) atoms. The fraction of sp³-hybridized carbons (Fsp3) is 0.214. The van der Waals surface area contributed by atoms with Gasteiger partial charge in [-0.1, -0.05) is 17.7 Å². The average Bonchev–Trinajstić information content (AvgIpc) is 2.75. The fourth-order valence-electron chi connectivity index (χ4n) is 1.90. The number of carbonyl (C=O) groups is 1. The number of aryl methyl sites for hydroxylation is 1. The van der Waals surface area contributed by atoms with Gasteiger partial charge in [-0.15, -0.1) is 0 Å². The number of halogens is 1. The van der Waals surface area contributed by atoms with Gasteiger partial charge in [0.1, 0.15) is 5.69 Å². The molecule has 5 nitrogen and oxygen atoms in total. The maximum atomic E-state index is 12.7. The van der Waals surface area contributed by atoms with Crippen molar-refractivity contribution in [3.63, 3.8) is 0 Å². The van der Waals surface area contributed by atoms with Gasteiger partial charge in [0.25, 0.3) is 10.0 Å². The molecular formula is C14H14BrNO4S. The van der Waals surface area contributed by atoms with Crippen molar-refractivity contribution in [3.05, 3.63) is 51.8 Å². The first-order valence-corrected chi connectivity index (χ1v) is 8.30. The van der Waals surface area contributed by atoms with Crippen LogP contribution in [0.4, 0.5) is 0 Å². The average molecular weight is 372 g/mol. The molecule has 2 rings (SSSR count). The first-order valence-electron chi connectivity index (χ1n) is 6.07. The lowest BCUT2D eigenvalue weighted by Gasteiger charge is -2.10. The van der Waals surface area contributed by atoms with E-state index in [0.717, 1.165) is 9.54 Å². The lowest BCUT2D eigenvalue weighted by atomic mass is 10.2.